The zero-order chi connectivity index (χ0) is 14.8. The number of hydrogen-bond acceptors (Lipinski definition) is 4. The molecule has 4 rings (SSSR count). The van der Waals surface area contributed by atoms with E-state index in [1.807, 2.05) is 0 Å². The lowest BCUT2D eigenvalue weighted by molar-refractivity contribution is -0.313. The van der Waals surface area contributed by atoms with E-state index in [9.17, 15) is 14.7 Å². The SMILES string of the molecule is O=C([O-])[C@H]1[C@H]2C=C[C@@]3(CN(c4ccccc4Cl)C(=O)[C@@H]13)O2. The lowest BCUT2D eigenvalue weighted by Crippen LogP contribution is -2.45. The van der Waals surface area contributed by atoms with Gasteiger partial charge < -0.3 is 19.5 Å². The number of ether oxygens (including phenoxy) is 1. The highest BCUT2D eigenvalue weighted by Gasteiger charge is 2.65. The maximum Gasteiger partial charge on any atom is 0.234 e. The van der Waals surface area contributed by atoms with Crippen molar-refractivity contribution in [1.82, 2.24) is 0 Å². The number of para-hydroxylation sites is 1. The highest BCUT2D eigenvalue weighted by Crippen LogP contribution is 2.52. The van der Waals surface area contributed by atoms with Gasteiger partial charge in [-0.05, 0) is 12.1 Å². The fourth-order valence-corrected chi connectivity index (χ4v) is 3.88. The molecule has 2 fully saturated rings. The number of amides is 1. The van der Waals surface area contributed by atoms with Crippen molar-refractivity contribution in [3.05, 3.63) is 41.4 Å². The van der Waals surface area contributed by atoms with Crippen LogP contribution in [0.2, 0.25) is 5.02 Å². The summed E-state index contributed by atoms with van der Waals surface area (Å²) in [5.41, 5.74) is -0.295. The Bertz CT molecular complexity index is 688. The minimum Gasteiger partial charge on any atom is -0.550 e. The summed E-state index contributed by atoms with van der Waals surface area (Å²) in [4.78, 5) is 25.6. The zero-order valence-electron chi connectivity index (χ0n) is 10.9. The Morgan fingerprint density at radius 3 is 2.90 bits per heavy atom. The van der Waals surface area contributed by atoms with Gasteiger partial charge in [-0.3, -0.25) is 4.79 Å². The van der Waals surface area contributed by atoms with Crippen molar-refractivity contribution in [2.75, 3.05) is 11.4 Å². The molecule has 0 unspecified atom stereocenters. The average Bonchev–Trinajstić information content (AvgIpc) is 3.08. The molecule has 2 bridgehead atoms. The van der Waals surface area contributed by atoms with Crippen LogP contribution in [0.1, 0.15) is 0 Å². The number of halogens is 1. The van der Waals surface area contributed by atoms with Crippen molar-refractivity contribution in [3.8, 4) is 0 Å². The Labute approximate surface area is 125 Å². The molecule has 5 nitrogen and oxygen atoms in total. The molecule has 0 aliphatic carbocycles. The summed E-state index contributed by atoms with van der Waals surface area (Å²) in [6.07, 6.45) is 2.94. The molecular formula is C15H11ClNO4-. The van der Waals surface area contributed by atoms with Gasteiger partial charge in [-0.2, -0.15) is 0 Å². The largest absolute Gasteiger partial charge is 0.550 e. The first-order valence-corrected chi connectivity index (χ1v) is 7.05. The molecule has 4 atom stereocenters. The molecule has 21 heavy (non-hydrogen) atoms. The van der Waals surface area contributed by atoms with E-state index < -0.39 is 29.5 Å². The third-order valence-corrected chi connectivity index (χ3v) is 4.84. The third-order valence-electron chi connectivity index (χ3n) is 4.52. The number of aliphatic carboxylic acids is 1. The van der Waals surface area contributed by atoms with Gasteiger partial charge in [-0.1, -0.05) is 35.9 Å². The Morgan fingerprint density at radius 2 is 2.19 bits per heavy atom. The fourth-order valence-electron chi connectivity index (χ4n) is 3.64. The molecule has 2 saturated heterocycles. The van der Waals surface area contributed by atoms with Crippen LogP contribution in [-0.2, 0) is 14.3 Å². The summed E-state index contributed by atoms with van der Waals surface area (Å²) in [5.74, 6) is -3.20. The number of rotatable bonds is 2. The van der Waals surface area contributed by atoms with E-state index in [2.05, 4.69) is 0 Å². The van der Waals surface area contributed by atoms with Crippen molar-refractivity contribution in [3.63, 3.8) is 0 Å². The molecule has 1 aromatic rings. The highest BCUT2D eigenvalue weighted by atomic mass is 35.5. The minimum absolute atomic E-state index is 0.274. The minimum atomic E-state index is -1.24. The summed E-state index contributed by atoms with van der Waals surface area (Å²) < 4.78 is 5.78. The zero-order valence-corrected chi connectivity index (χ0v) is 11.6. The van der Waals surface area contributed by atoms with Gasteiger partial charge >= 0.3 is 0 Å². The van der Waals surface area contributed by atoms with Crippen molar-refractivity contribution >= 4 is 29.2 Å². The topological polar surface area (TPSA) is 69.7 Å². The summed E-state index contributed by atoms with van der Waals surface area (Å²) in [6, 6.07) is 6.99. The van der Waals surface area contributed by atoms with E-state index in [-0.39, 0.29) is 12.5 Å². The first-order chi connectivity index (χ1) is 10.0. The molecule has 6 heteroatoms. The predicted molar refractivity (Wildman–Crippen MR) is 72.5 cm³/mol. The standard InChI is InChI=1S/C15H12ClNO4/c16-8-3-1-2-4-9(8)17-7-15-6-5-10(21-15)11(14(19)20)12(15)13(17)18/h1-6,10-12H,7H2,(H,19,20)/p-1/t10-,11+,12-,15+/m1/s1. The monoisotopic (exact) mass is 304 g/mol. The van der Waals surface area contributed by atoms with Gasteiger partial charge in [0, 0.05) is 11.9 Å². The van der Waals surface area contributed by atoms with Crippen LogP contribution in [0.3, 0.4) is 0 Å². The molecule has 108 valence electrons. The van der Waals surface area contributed by atoms with Crippen LogP contribution in [0.5, 0.6) is 0 Å². The quantitative estimate of drug-likeness (QED) is 0.741. The summed E-state index contributed by atoms with van der Waals surface area (Å²) in [7, 11) is 0. The Kier molecular flexibility index (Phi) is 2.50. The van der Waals surface area contributed by atoms with E-state index in [4.69, 9.17) is 16.3 Å². The Hall–Kier alpha value is -1.85. The lowest BCUT2D eigenvalue weighted by Gasteiger charge is -2.24. The number of carbonyl (C=O) groups is 2. The van der Waals surface area contributed by atoms with Gasteiger partial charge in [-0.25, -0.2) is 0 Å². The van der Waals surface area contributed by atoms with Crippen LogP contribution >= 0.6 is 11.6 Å². The number of carbonyl (C=O) groups excluding carboxylic acids is 2. The van der Waals surface area contributed by atoms with Crippen LogP contribution in [0.4, 0.5) is 5.69 Å². The van der Waals surface area contributed by atoms with Crippen molar-refractivity contribution < 1.29 is 19.4 Å². The van der Waals surface area contributed by atoms with Crippen molar-refractivity contribution in [2.24, 2.45) is 11.8 Å². The number of benzene rings is 1. The number of anilines is 1. The van der Waals surface area contributed by atoms with E-state index in [1.54, 1.807) is 36.4 Å². The van der Waals surface area contributed by atoms with Gasteiger partial charge in [0.1, 0.15) is 5.60 Å². The molecule has 0 saturated carbocycles. The molecule has 1 aromatic carbocycles. The second kappa shape index (κ2) is 4.08. The summed E-state index contributed by atoms with van der Waals surface area (Å²) >= 11 is 6.14. The number of carboxylic acids is 1. The van der Waals surface area contributed by atoms with Gasteiger partial charge in [0.15, 0.2) is 0 Å². The molecule has 0 aromatic heterocycles. The van der Waals surface area contributed by atoms with Gasteiger partial charge in [0.25, 0.3) is 0 Å². The second-order valence-corrected chi connectivity index (χ2v) is 6.00. The molecule has 3 aliphatic heterocycles. The fraction of sp³-hybridized carbons (Fsp3) is 0.333. The number of hydrogen-bond donors (Lipinski definition) is 0. The van der Waals surface area contributed by atoms with Crippen LogP contribution in [-0.4, -0.2) is 30.1 Å². The van der Waals surface area contributed by atoms with Crippen LogP contribution < -0.4 is 10.0 Å². The molecule has 1 amide bonds. The second-order valence-electron chi connectivity index (χ2n) is 5.59. The normalized spacial score (nSPS) is 36.3. The number of nitrogens with zero attached hydrogens (tertiary/aromatic N) is 1. The maximum atomic E-state index is 12.7. The first-order valence-electron chi connectivity index (χ1n) is 6.67. The van der Waals surface area contributed by atoms with E-state index >= 15 is 0 Å². The Morgan fingerprint density at radius 1 is 1.43 bits per heavy atom. The van der Waals surface area contributed by atoms with E-state index in [0.29, 0.717) is 10.7 Å². The van der Waals surface area contributed by atoms with E-state index in [1.165, 1.54) is 4.90 Å². The third kappa shape index (κ3) is 1.56. The summed E-state index contributed by atoms with van der Waals surface area (Å²) in [6.45, 7) is 0.275. The van der Waals surface area contributed by atoms with Crippen molar-refractivity contribution in [2.45, 2.75) is 11.7 Å². The molecule has 0 radical (unpaired) electrons. The first kappa shape index (κ1) is 12.9. The van der Waals surface area contributed by atoms with Gasteiger partial charge in [0.05, 0.1) is 29.3 Å². The Balaban J connectivity index is 1.78. The molecule has 1 spiro atoms. The lowest BCUT2D eigenvalue weighted by atomic mass is 9.77. The molecule has 0 N–H and O–H groups in total. The van der Waals surface area contributed by atoms with Crippen molar-refractivity contribution in [1.29, 1.82) is 0 Å². The maximum absolute atomic E-state index is 12.7. The number of carboxylic acid groups (broad SMARTS) is 1. The highest BCUT2D eigenvalue weighted by molar-refractivity contribution is 6.34. The number of fused-ring (bicyclic) bond motifs is 1. The predicted octanol–water partition coefficient (Wildman–Crippen LogP) is 0.376. The van der Waals surface area contributed by atoms with Gasteiger partial charge in [0.2, 0.25) is 5.91 Å². The van der Waals surface area contributed by atoms with Crippen LogP contribution in [0, 0.1) is 11.8 Å². The van der Waals surface area contributed by atoms with Crippen LogP contribution in [0.15, 0.2) is 36.4 Å². The molecule has 3 aliphatic rings. The van der Waals surface area contributed by atoms with Crippen LogP contribution in [0.25, 0.3) is 0 Å². The summed E-state index contributed by atoms with van der Waals surface area (Å²) in [5, 5.41) is 11.8. The molecular weight excluding hydrogens is 294 g/mol. The van der Waals surface area contributed by atoms with E-state index in [0.717, 1.165) is 0 Å². The molecule has 3 heterocycles. The smallest absolute Gasteiger partial charge is 0.234 e. The van der Waals surface area contributed by atoms with Gasteiger partial charge in [-0.15, -0.1) is 0 Å². The average molecular weight is 305 g/mol.